The van der Waals surface area contributed by atoms with Gasteiger partial charge in [0, 0.05) is 11.1 Å². The van der Waals surface area contributed by atoms with Crippen molar-refractivity contribution in [1.29, 1.82) is 0 Å². The first kappa shape index (κ1) is 13.2. The Morgan fingerprint density at radius 1 is 1.10 bits per heavy atom. The third kappa shape index (κ3) is 2.02. The quantitative estimate of drug-likeness (QED) is 0.841. The van der Waals surface area contributed by atoms with Gasteiger partial charge in [-0.05, 0) is 86.4 Å². The van der Waals surface area contributed by atoms with Crippen LogP contribution in [-0.4, -0.2) is 7.05 Å². The number of hydrogen-bond acceptors (Lipinski definition) is 1. The molecule has 4 bridgehead atoms. The summed E-state index contributed by atoms with van der Waals surface area (Å²) >= 11 is 6.23. The van der Waals surface area contributed by atoms with Crippen LogP contribution in [0.2, 0.25) is 5.02 Å². The van der Waals surface area contributed by atoms with Gasteiger partial charge in [-0.1, -0.05) is 23.7 Å². The normalized spacial score (nSPS) is 40.0. The van der Waals surface area contributed by atoms with E-state index in [1.54, 1.807) is 0 Å². The van der Waals surface area contributed by atoms with Crippen LogP contribution in [0.3, 0.4) is 0 Å². The smallest absolute Gasteiger partial charge is 0.0409 e. The molecule has 1 nitrogen and oxygen atoms in total. The van der Waals surface area contributed by atoms with Crippen LogP contribution in [0.5, 0.6) is 0 Å². The number of halogens is 1. The van der Waals surface area contributed by atoms with E-state index < -0.39 is 0 Å². The van der Waals surface area contributed by atoms with E-state index in [-0.39, 0.29) is 0 Å². The van der Waals surface area contributed by atoms with E-state index >= 15 is 0 Å². The monoisotopic (exact) mass is 289 g/mol. The summed E-state index contributed by atoms with van der Waals surface area (Å²) in [6.45, 7) is 0. The lowest BCUT2D eigenvalue weighted by Gasteiger charge is -2.59. The molecular weight excluding hydrogens is 266 g/mol. The van der Waals surface area contributed by atoms with Gasteiger partial charge >= 0.3 is 0 Å². The average Bonchev–Trinajstić information content (AvgIpc) is 2.37. The van der Waals surface area contributed by atoms with Gasteiger partial charge in [-0.3, -0.25) is 0 Å². The topological polar surface area (TPSA) is 12.0 Å². The van der Waals surface area contributed by atoms with E-state index in [9.17, 15) is 0 Å². The van der Waals surface area contributed by atoms with Crippen LogP contribution in [0.1, 0.15) is 50.1 Å². The lowest BCUT2D eigenvalue weighted by atomic mass is 9.47. The van der Waals surface area contributed by atoms with Gasteiger partial charge in [0.15, 0.2) is 0 Å². The van der Waals surface area contributed by atoms with Crippen molar-refractivity contribution in [2.45, 2.75) is 44.6 Å². The molecule has 0 saturated heterocycles. The molecule has 20 heavy (non-hydrogen) atoms. The Morgan fingerprint density at radius 2 is 1.70 bits per heavy atom. The summed E-state index contributed by atoms with van der Waals surface area (Å²) in [5, 5.41) is 4.51. The summed E-state index contributed by atoms with van der Waals surface area (Å²) in [6.07, 6.45) is 8.80. The molecule has 4 aliphatic carbocycles. The van der Waals surface area contributed by atoms with Crippen molar-refractivity contribution in [3.63, 3.8) is 0 Å². The fraction of sp³-hybridized carbons (Fsp3) is 0.667. The number of rotatable bonds is 3. The Bertz CT molecular complexity index is 475. The Balaban J connectivity index is 1.70. The maximum atomic E-state index is 6.23. The molecule has 0 aromatic heterocycles. The van der Waals surface area contributed by atoms with E-state index in [4.69, 9.17) is 11.6 Å². The highest BCUT2D eigenvalue weighted by Crippen LogP contribution is 2.63. The van der Waals surface area contributed by atoms with Gasteiger partial charge in [-0.15, -0.1) is 0 Å². The van der Waals surface area contributed by atoms with Crippen LogP contribution in [0.15, 0.2) is 24.3 Å². The second-order valence-electron chi connectivity index (χ2n) is 7.56. The summed E-state index contributed by atoms with van der Waals surface area (Å²) in [6, 6.07) is 8.99. The zero-order valence-electron chi connectivity index (χ0n) is 12.2. The highest BCUT2D eigenvalue weighted by Gasteiger charge is 2.54. The third-order valence-electron chi connectivity index (χ3n) is 6.17. The minimum absolute atomic E-state index is 0.481. The van der Waals surface area contributed by atoms with E-state index in [0.29, 0.717) is 11.5 Å². The summed E-state index contributed by atoms with van der Waals surface area (Å²) in [5.41, 5.74) is 1.88. The molecule has 4 saturated carbocycles. The minimum atomic E-state index is 0.481. The minimum Gasteiger partial charge on any atom is -0.313 e. The van der Waals surface area contributed by atoms with E-state index in [0.717, 1.165) is 22.8 Å². The van der Waals surface area contributed by atoms with Crippen LogP contribution in [0.25, 0.3) is 0 Å². The lowest BCUT2D eigenvalue weighted by Crippen LogP contribution is -2.51. The molecule has 1 atom stereocenters. The number of benzene rings is 1. The van der Waals surface area contributed by atoms with Gasteiger partial charge in [-0.2, -0.15) is 0 Å². The molecule has 4 fully saturated rings. The molecule has 0 aliphatic heterocycles. The molecule has 1 aromatic carbocycles. The Morgan fingerprint density at radius 3 is 2.20 bits per heavy atom. The largest absolute Gasteiger partial charge is 0.313 e. The molecule has 0 heterocycles. The van der Waals surface area contributed by atoms with Gasteiger partial charge in [0.25, 0.3) is 0 Å². The van der Waals surface area contributed by atoms with Crippen LogP contribution in [0, 0.1) is 23.2 Å². The second-order valence-corrected chi connectivity index (χ2v) is 7.99. The van der Waals surface area contributed by atoms with Crippen LogP contribution < -0.4 is 5.32 Å². The van der Waals surface area contributed by atoms with Crippen molar-refractivity contribution in [3.05, 3.63) is 34.9 Å². The molecule has 108 valence electrons. The van der Waals surface area contributed by atoms with E-state index in [2.05, 4.69) is 30.6 Å². The van der Waals surface area contributed by atoms with Crippen molar-refractivity contribution in [2.24, 2.45) is 23.2 Å². The van der Waals surface area contributed by atoms with Gasteiger partial charge in [0.1, 0.15) is 0 Å². The van der Waals surface area contributed by atoms with Crippen molar-refractivity contribution in [1.82, 2.24) is 5.32 Å². The summed E-state index contributed by atoms with van der Waals surface area (Å²) in [4.78, 5) is 0. The Hall–Kier alpha value is -0.530. The molecule has 1 N–H and O–H groups in total. The van der Waals surface area contributed by atoms with Crippen molar-refractivity contribution in [2.75, 3.05) is 7.05 Å². The van der Waals surface area contributed by atoms with E-state index in [1.807, 2.05) is 6.07 Å². The fourth-order valence-corrected chi connectivity index (χ4v) is 6.24. The molecule has 0 amide bonds. The second kappa shape index (κ2) is 4.74. The molecule has 4 aliphatic rings. The van der Waals surface area contributed by atoms with Crippen molar-refractivity contribution in [3.8, 4) is 0 Å². The van der Waals surface area contributed by atoms with Crippen LogP contribution in [0.4, 0.5) is 0 Å². The summed E-state index contributed by atoms with van der Waals surface area (Å²) in [7, 11) is 2.13. The van der Waals surface area contributed by atoms with Gasteiger partial charge in [0.05, 0.1) is 0 Å². The molecule has 5 rings (SSSR count). The highest BCUT2D eigenvalue weighted by molar-refractivity contribution is 6.30. The fourth-order valence-electron chi connectivity index (χ4n) is 6.04. The first-order chi connectivity index (χ1) is 9.68. The van der Waals surface area contributed by atoms with Crippen LogP contribution >= 0.6 is 11.6 Å². The van der Waals surface area contributed by atoms with Crippen molar-refractivity contribution >= 4 is 11.6 Å². The molecule has 1 aromatic rings. The number of nitrogens with one attached hydrogen (secondary N) is 1. The first-order valence-electron chi connectivity index (χ1n) is 8.11. The summed E-state index contributed by atoms with van der Waals surface area (Å²) < 4.78 is 0. The molecule has 0 radical (unpaired) electrons. The Labute approximate surface area is 127 Å². The van der Waals surface area contributed by atoms with Crippen molar-refractivity contribution < 1.29 is 0 Å². The zero-order chi connectivity index (χ0) is 13.7. The Kier molecular flexibility index (Phi) is 3.12. The predicted molar refractivity (Wildman–Crippen MR) is 83.9 cm³/mol. The zero-order valence-corrected chi connectivity index (χ0v) is 13.0. The molecule has 1 unspecified atom stereocenters. The maximum Gasteiger partial charge on any atom is 0.0409 e. The molecule has 2 heteroatoms. The lowest BCUT2D eigenvalue weighted by molar-refractivity contribution is -0.0736. The first-order valence-corrected chi connectivity index (χ1v) is 8.49. The molecule has 0 spiro atoms. The van der Waals surface area contributed by atoms with Gasteiger partial charge in [-0.25, -0.2) is 0 Å². The number of hydrogen-bond donors (Lipinski definition) is 1. The molecular formula is C18H24ClN. The van der Waals surface area contributed by atoms with Gasteiger partial charge < -0.3 is 5.32 Å². The predicted octanol–water partition coefficient (Wildman–Crippen LogP) is 4.82. The average molecular weight is 290 g/mol. The third-order valence-corrected chi connectivity index (χ3v) is 6.40. The van der Waals surface area contributed by atoms with Crippen LogP contribution in [-0.2, 0) is 0 Å². The van der Waals surface area contributed by atoms with Gasteiger partial charge in [0.2, 0.25) is 0 Å². The summed E-state index contributed by atoms with van der Waals surface area (Å²) in [5.74, 6) is 2.99. The maximum absolute atomic E-state index is 6.23. The highest BCUT2D eigenvalue weighted by atomic mass is 35.5. The SMILES string of the molecule is CNC(c1cccc(Cl)c1)C12CC3CC(CC(C3)C1)C2. The standard InChI is InChI=1S/C18H24ClN/c1-20-17(15-3-2-4-16(19)8-15)18-9-12-5-13(10-18)7-14(6-12)11-18/h2-4,8,12-14,17,20H,5-7,9-11H2,1H3. The van der Waals surface area contributed by atoms with E-state index in [1.165, 1.54) is 44.1 Å².